The van der Waals surface area contributed by atoms with E-state index in [0.29, 0.717) is 5.56 Å². The molecule has 1 aliphatic heterocycles. The van der Waals surface area contributed by atoms with Gasteiger partial charge in [-0.25, -0.2) is 4.79 Å². The van der Waals surface area contributed by atoms with Gasteiger partial charge < -0.3 is 5.11 Å². The van der Waals surface area contributed by atoms with E-state index < -0.39 is 5.97 Å². The van der Waals surface area contributed by atoms with Crippen LogP contribution in [0.25, 0.3) is 6.08 Å². The van der Waals surface area contributed by atoms with Crippen LogP contribution in [0.3, 0.4) is 0 Å². The van der Waals surface area contributed by atoms with Gasteiger partial charge in [-0.1, -0.05) is 64.1 Å². The van der Waals surface area contributed by atoms with Crippen LogP contribution in [0.5, 0.6) is 0 Å². The van der Waals surface area contributed by atoms with E-state index in [-0.39, 0.29) is 10.2 Å². The molecule has 1 N–H and O–H groups in total. The number of aryl methyl sites for hydroxylation is 1. The molecule has 0 amide bonds. The van der Waals surface area contributed by atoms with E-state index in [9.17, 15) is 4.79 Å². The molecule has 0 bridgehead atoms. The molecule has 3 heteroatoms. The van der Waals surface area contributed by atoms with E-state index in [1.54, 1.807) is 6.07 Å². The third kappa shape index (κ3) is 4.47. The van der Waals surface area contributed by atoms with Crippen molar-refractivity contribution in [2.75, 3.05) is 0 Å². The Balaban J connectivity index is 1.77. The first-order valence-electron chi connectivity index (χ1n) is 9.40. The smallest absolute Gasteiger partial charge is 0.335 e. The summed E-state index contributed by atoms with van der Waals surface area (Å²) in [5.74, 6) is -0.874. The predicted octanol–water partition coefficient (Wildman–Crippen LogP) is 6.50. The molecular weight excluding hydrogens is 352 g/mol. The zero-order valence-electron chi connectivity index (χ0n) is 16.8. The molecule has 0 aromatic heterocycles. The van der Waals surface area contributed by atoms with Gasteiger partial charge in [0.15, 0.2) is 0 Å². The average Bonchev–Trinajstić information content (AvgIpc) is 2.53. The van der Waals surface area contributed by atoms with Crippen molar-refractivity contribution in [1.82, 2.24) is 0 Å². The van der Waals surface area contributed by atoms with E-state index in [2.05, 4.69) is 58.0 Å². The monoisotopic (exact) mass is 380 g/mol. The van der Waals surface area contributed by atoms with Gasteiger partial charge in [0.2, 0.25) is 0 Å². The second kappa shape index (κ2) is 7.20. The molecule has 0 fully saturated rings. The van der Waals surface area contributed by atoms with Gasteiger partial charge >= 0.3 is 5.97 Å². The van der Waals surface area contributed by atoms with Crippen LogP contribution < -0.4 is 0 Å². The maximum Gasteiger partial charge on any atom is 0.335 e. The first-order valence-corrected chi connectivity index (χ1v) is 10.2. The van der Waals surface area contributed by atoms with Crippen LogP contribution >= 0.6 is 11.8 Å². The highest BCUT2D eigenvalue weighted by atomic mass is 32.2. The van der Waals surface area contributed by atoms with Gasteiger partial charge in [-0.15, -0.1) is 11.8 Å². The number of carboxylic acid groups (broad SMARTS) is 1. The Morgan fingerprint density at radius 1 is 1.15 bits per heavy atom. The lowest BCUT2D eigenvalue weighted by molar-refractivity contribution is 0.0696. The van der Waals surface area contributed by atoms with Gasteiger partial charge in [0.25, 0.3) is 0 Å². The molecule has 1 heterocycles. The zero-order chi connectivity index (χ0) is 19.8. The number of rotatable bonds is 4. The van der Waals surface area contributed by atoms with Gasteiger partial charge in [0.1, 0.15) is 0 Å². The van der Waals surface area contributed by atoms with Gasteiger partial charge in [-0.2, -0.15) is 0 Å². The van der Waals surface area contributed by atoms with E-state index in [4.69, 9.17) is 5.11 Å². The number of fused-ring (bicyclic) bond motifs is 1. The van der Waals surface area contributed by atoms with Crippen molar-refractivity contribution in [3.63, 3.8) is 0 Å². The summed E-state index contributed by atoms with van der Waals surface area (Å²) in [6.07, 6.45) is 6.27. The molecule has 0 saturated heterocycles. The standard InChI is InChI=1S/C24H28O2S/c1-16-13-17(9-11-19(16)22(25)26)7-6-8-18-10-12-21-20(14-18)23(2,3)15-24(4,5)27-21/h6-7,9-14H,8,15H2,1-5H3,(H,25,26)/b7-6+. The number of hydrogen-bond donors (Lipinski definition) is 1. The molecule has 0 radical (unpaired) electrons. The maximum atomic E-state index is 11.1. The Morgan fingerprint density at radius 2 is 1.89 bits per heavy atom. The number of carboxylic acids is 1. The molecule has 2 aromatic rings. The Hall–Kier alpha value is -2.00. The van der Waals surface area contributed by atoms with Crippen molar-refractivity contribution in [1.29, 1.82) is 0 Å². The highest BCUT2D eigenvalue weighted by Crippen LogP contribution is 2.51. The van der Waals surface area contributed by atoms with Gasteiger partial charge in [-0.05, 0) is 59.6 Å². The van der Waals surface area contributed by atoms with E-state index in [1.807, 2.05) is 30.8 Å². The summed E-state index contributed by atoms with van der Waals surface area (Å²) in [4.78, 5) is 12.5. The summed E-state index contributed by atoms with van der Waals surface area (Å²) in [5.41, 5.74) is 5.15. The minimum atomic E-state index is -0.874. The summed E-state index contributed by atoms with van der Waals surface area (Å²) in [6, 6.07) is 12.3. The number of aromatic carboxylic acids is 1. The van der Waals surface area contributed by atoms with E-state index in [0.717, 1.165) is 17.5 Å². The lowest BCUT2D eigenvalue weighted by atomic mass is 9.76. The van der Waals surface area contributed by atoms with Crippen molar-refractivity contribution < 1.29 is 9.90 Å². The summed E-state index contributed by atoms with van der Waals surface area (Å²) in [5, 5.41) is 9.13. The number of carbonyl (C=O) groups is 1. The number of thioether (sulfide) groups is 1. The minimum Gasteiger partial charge on any atom is -0.478 e. The van der Waals surface area contributed by atoms with Gasteiger partial charge in [-0.3, -0.25) is 0 Å². The lowest BCUT2D eigenvalue weighted by Gasteiger charge is -2.41. The Labute approximate surface area is 166 Å². The molecule has 2 aromatic carbocycles. The molecule has 2 nitrogen and oxygen atoms in total. The second-order valence-electron chi connectivity index (χ2n) is 8.74. The van der Waals surface area contributed by atoms with Crippen molar-refractivity contribution in [2.45, 2.75) is 62.5 Å². The molecule has 1 aliphatic rings. The van der Waals surface area contributed by atoms with Crippen LogP contribution in [0.2, 0.25) is 0 Å². The van der Waals surface area contributed by atoms with E-state index in [1.165, 1.54) is 22.4 Å². The highest BCUT2D eigenvalue weighted by Gasteiger charge is 2.37. The van der Waals surface area contributed by atoms with Crippen LogP contribution in [0.15, 0.2) is 47.4 Å². The highest BCUT2D eigenvalue weighted by molar-refractivity contribution is 8.00. The van der Waals surface area contributed by atoms with Crippen molar-refractivity contribution >= 4 is 23.8 Å². The largest absolute Gasteiger partial charge is 0.478 e. The van der Waals surface area contributed by atoms with E-state index >= 15 is 0 Å². The number of hydrogen-bond acceptors (Lipinski definition) is 2. The summed E-state index contributed by atoms with van der Waals surface area (Å²) in [6.45, 7) is 11.2. The summed E-state index contributed by atoms with van der Waals surface area (Å²) in [7, 11) is 0. The SMILES string of the molecule is Cc1cc(/C=C/Cc2ccc3c(c2)C(C)(C)CC(C)(C)S3)ccc1C(=O)O. The second-order valence-corrected chi connectivity index (χ2v) is 10.5. The fraction of sp³-hybridized carbons (Fsp3) is 0.375. The fourth-order valence-electron chi connectivity index (χ4n) is 4.18. The molecule has 0 saturated carbocycles. The minimum absolute atomic E-state index is 0.188. The first-order chi connectivity index (χ1) is 12.6. The molecule has 0 aliphatic carbocycles. The molecule has 27 heavy (non-hydrogen) atoms. The molecule has 3 rings (SSSR count). The topological polar surface area (TPSA) is 37.3 Å². The number of benzene rings is 2. The average molecular weight is 381 g/mol. The Bertz CT molecular complexity index is 907. The van der Waals surface area contributed by atoms with Crippen molar-refractivity contribution in [3.05, 3.63) is 70.3 Å². The quantitative estimate of drug-likeness (QED) is 0.658. The number of allylic oxidation sites excluding steroid dienone is 1. The molecule has 0 atom stereocenters. The zero-order valence-corrected chi connectivity index (χ0v) is 17.6. The Morgan fingerprint density at radius 3 is 2.56 bits per heavy atom. The van der Waals surface area contributed by atoms with Crippen molar-refractivity contribution in [2.24, 2.45) is 0 Å². The fourth-order valence-corrected chi connectivity index (χ4v) is 5.79. The molecular formula is C24H28O2S. The predicted molar refractivity (Wildman–Crippen MR) is 115 cm³/mol. The molecule has 0 spiro atoms. The third-order valence-corrected chi connectivity index (χ3v) is 6.44. The lowest BCUT2D eigenvalue weighted by Crippen LogP contribution is -2.33. The maximum absolute atomic E-state index is 11.1. The van der Waals surface area contributed by atoms with Crippen LogP contribution in [0.1, 0.15) is 66.7 Å². The van der Waals surface area contributed by atoms with Crippen LogP contribution in [-0.2, 0) is 11.8 Å². The van der Waals surface area contributed by atoms with Crippen LogP contribution in [0, 0.1) is 6.92 Å². The van der Waals surface area contributed by atoms with Crippen molar-refractivity contribution in [3.8, 4) is 0 Å². The van der Waals surface area contributed by atoms with Crippen LogP contribution in [0.4, 0.5) is 0 Å². The third-order valence-electron chi connectivity index (χ3n) is 5.17. The van der Waals surface area contributed by atoms with Crippen LogP contribution in [-0.4, -0.2) is 15.8 Å². The first kappa shape index (κ1) is 19.8. The van der Waals surface area contributed by atoms with Gasteiger partial charge in [0.05, 0.1) is 5.56 Å². The summed E-state index contributed by atoms with van der Waals surface area (Å²) < 4.78 is 0.276. The normalized spacial score (nSPS) is 17.7. The van der Waals surface area contributed by atoms with Gasteiger partial charge in [0, 0.05) is 9.64 Å². The molecule has 0 unspecified atom stereocenters. The Kier molecular flexibility index (Phi) is 5.27. The summed E-state index contributed by atoms with van der Waals surface area (Å²) >= 11 is 1.99. The molecule has 142 valence electrons.